The van der Waals surface area contributed by atoms with Gasteiger partial charge in [-0.1, -0.05) is 11.6 Å². The Kier molecular flexibility index (Phi) is 3.87. The molecule has 3 rings (SSSR count). The molecule has 1 unspecified atom stereocenters. The smallest absolute Gasteiger partial charge is 0.255 e. The molecule has 0 aromatic carbocycles. The van der Waals surface area contributed by atoms with E-state index in [-0.39, 0.29) is 18.9 Å². The fourth-order valence-corrected chi connectivity index (χ4v) is 2.99. The van der Waals surface area contributed by atoms with E-state index in [1.807, 2.05) is 0 Å². The lowest BCUT2D eigenvalue weighted by Crippen LogP contribution is -2.37. The summed E-state index contributed by atoms with van der Waals surface area (Å²) >= 11 is 5.87. The van der Waals surface area contributed by atoms with E-state index in [9.17, 15) is 13.6 Å². The molecule has 1 N–H and O–H groups in total. The highest BCUT2D eigenvalue weighted by Crippen LogP contribution is 2.34. The fraction of sp³-hybridized carbons (Fsp3) is 0.333. The number of nitrogens with zero attached hydrogens (tertiary/aromatic N) is 2. The van der Waals surface area contributed by atoms with Gasteiger partial charge in [-0.25, -0.2) is 13.8 Å². The first-order valence-corrected chi connectivity index (χ1v) is 7.22. The topological polar surface area (TPSA) is 49.0 Å². The zero-order valence-corrected chi connectivity index (χ0v) is 12.6. The van der Waals surface area contributed by atoms with Crippen molar-refractivity contribution in [2.24, 2.45) is 0 Å². The maximum atomic E-state index is 12.8. The summed E-state index contributed by atoms with van der Waals surface area (Å²) in [5, 5.41) is 0.331. The molecule has 0 aliphatic carbocycles. The number of carbonyl (C=O) groups excluding carboxylic acids is 1. The van der Waals surface area contributed by atoms with Crippen LogP contribution in [0.3, 0.4) is 0 Å². The molecule has 0 spiro atoms. The van der Waals surface area contributed by atoms with Crippen LogP contribution in [-0.4, -0.2) is 40.8 Å². The molecule has 1 aliphatic rings. The van der Waals surface area contributed by atoms with Crippen LogP contribution >= 0.6 is 11.6 Å². The molecule has 1 atom stereocenters. The lowest BCUT2D eigenvalue weighted by Gasteiger charge is -2.29. The number of amides is 1. The van der Waals surface area contributed by atoms with Gasteiger partial charge in [0, 0.05) is 49.1 Å². The maximum Gasteiger partial charge on any atom is 0.255 e. The van der Waals surface area contributed by atoms with Gasteiger partial charge in [-0.2, -0.15) is 0 Å². The van der Waals surface area contributed by atoms with Crippen LogP contribution < -0.4 is 0 Å². The fourth-order valence-electron chi connectivity index (χ4n) is 2.81. The molecule has 7 heteroatoms. The molecule has 0 bridgehead atoms. The van der Waals surface area contributed by atoms with Crippen LogP contribution in [0, 0.1) is 0 Å². The number of aromatic amines is 1. The third-order valence-electron chi connectivity index (χ3n) is 3.83. The maximum absolute atomic E-state index is 12.8. The molecule has 4 nitrogen and oxygen atoms in total. The summed E-state index contributed by atoms with van der Waals surface area (Å²) in [7, 11) is 1.62. The lowest BCUT2D eigenvalue weighted by molar-refractivity contribution is 0.0719. The van der Waals surface area contributed by atoms with E-state index in [1.54, 1.807) is 31.4 Å². The van der Waals surface area contributed by atoms with E-state index in [4.69, 9.17) is 11.6 Å². The summed E-state index contributed by atoms with van der Waals surface area (Å²) in [6.45, 7) is 0.285. The second-order valence-corrected chi connectivity index (χ2v) is 5.77. The predicted octanol–water partition coefficient (Wildman–Crippen LogP) is 3.55. The Balaban J connectivity index is 2.04. The number of aromatic nitrogens is 2. The van der Waals surface area contributed by atoms with E-state index in [1.165, 1.54) is 4.90 Å². The number of hydrogen-bond acceptors (Lipinski definition) is 2. The summed E-state index contributed by atoms with van der Waals surface area (Å²) in [4.78, 5) is 20.7. The minimum absolute atomic E-state index is 0.164. The normalized spacial score (nSPS) is 18.0. The SMILES string of the molecule is CN1CC(CC(F)F)c2[nH]c(-c3ccnc(Cl)c3)cc2C1=O. The van der Waals surface area contributed by atoms with Crippen LogP contribution in [0.15, 0.2) is 24.4 Å². The van der Waals surface area contributed by atoms with Crippen LogP contribution in [0.25, 0.3) is 11.3 Å². The molecule has 0 saturated heterocycles. The summed E-state index contributed by atoms with van der Waals surface area (Å²) in [5.41, 5.74) is 2.46. The first kappa shape index (κ1) is 15.0. The summed E-state index contributed by atoms with van der Waals surface area (Å²) in [6, 6.07) is 5.10. The van der Waals surface area contributed by atoms with Gasteiger partial charge in [0.25, 0.3) is 5.91 Å². The average molecular weight is 326 g/mol. The molecule has 116 valence electrons. The minimum atomic E-state index is -2.42. The first-order chi connectivity index (χ1) is 10.5. The standard InChI is InChI=1S/C15H14ClF2N3O/c1-21-7-9(5-13(17)18)14-10(15(21)22)6-11(20-14)8-2-3-19-12(16)4-8/h2-4,6,9,13,20H,5,7H2,1H3. The molecular formula is C15H14ClF2N3O. The number of halogens is 3. The van der Waals surface area contributed by atoms with E-state index >= 15 is 0 Å². The number of hydrogen-bond donors (Lipinski definition) is 1. The average Bonchev–Trinajstić information content (AvgIpc) is 2.89. The lowest BCUT2D eigenvalue weighted by atomic mass is 9.93. The molecule has 1 amide bonds. The zero-order chi connectivity index (χ0) is 15.9. The van der Waals surface area contributed by atoms with Crippen molar-refractivity contribution in [2.75, 3.05) is 13.6 Å². The largest absolute Gasteiger partial charge is 0.357 e. The van der Waals surface area contributed by atoms with Crippen molar-refractivity contribution in [3.8, 4) is 11.3 Å². The second kappa shape index (κ2) is 5.68. The molecular weight excluding hydrogens is 312 g/mol. The number of alkyl halides is 2. The third kappa shape index (κ3) is 2.70. The van der Waals surface area contributed by atoms with Gasteiger partial charge >= 0.3 is 0 Å². The Bertz CT molecular complexity index is 717. The summed E-state index contributed by atoms with van der Waals surface area (Å²) in [5.74, 6) is -0.563. The van der Waals surface area contributed by atoms with Gasteiger partial charge in [-0.05, 0) is 18.2 Å². The molecule has 0 radical (unpaired) electrons. The summed E-state index contributed by atoms with van der Waals surface area (Å²) in [6.07, 6.45) is -1.13. The van der Waals surface area contributed by atoms with Crippen LogP contribution in [0.1, 0.15) is 28.4 Å². The summed E-state index contributed by atoms with van der Waals surface area (Å²) < 4.78 is 25.6. The molecule has 0 fully saturated rings. The Morgan fingerprint density at radius 1 is 1.50 bits per heavy atom. The van der Waals surface area contributed by atoms with Crippen molar-refractivity contribution in [3.05, 3.63) is 40.8 Å². The quantitative estimate of drug-likeness (QED) is 0.877. The Morgan fingerprint density at radius 3 is 2.95 bits per heavy atom. The first-order valence-electron chi connectivity index (χ1n) is 6.84. The molecule has 2 aromatic rings. The molecule has 0 saturated carbocycles. The second-order valence-electron chi connectivity index (χ2n) is 5.39. The third-order valence-corrected chi connectivity index (χ3v) is 4.03. The molecule has 22 heavy (non-hydrogen) atoms. The van der Waals surface area contributed by atoms with Crippen molar-refractivity contribution in [1.82, 2.24) is 14.9 Å². The van der Waals surface area contributed by atoms with Gasteiger partial charge in [0.15, 0.2) is 0 Å². The number of likely N-dealkylation sites (N-methyl/N-ethyl adjacent to an activating group) is 1. The number of carbonyl (C=O) groups is 1. The van der Waals surface area contributed by atoms with Crippen LogP contribution in [0.4, 0.5) is 8.78 Å². The Labute approximate surface area is 131 Å². The van der Waals surface area contributed by atoms with Gasteiger partial charge in [0.05, 0.1) is 5.56 Å². The Morgan fingerprint density at radius 2 is 2.27 bits per heavy atom. The van der Waals surface area contributed by atoms with Crippen molar-refractivity contribution in [3.63, 3.8) is 0 Å². The predicted molar refractivity (Wildman–Crippen MR) is 79.4 cm³/mol. The van der Waals surface area contributed by atoms with E-state index < -0.39 is 12.3 Å². The zero-order valence-electron chi connectivity index (χ0n) is 11.8. The van der Waals surface area contributed by atoms with Crippen molar-refractivity contribution >= 4 is 17.5 Å². The Hall–Kier alpha value is -1.95. The molecule has 3 heterocycles. The number of fused-ring (bicyclic) bond motifs is 1. The highest BCUT2D eigenvalue weighted by atomic mass is 35.5. The van der Waals surface area contributed by atoms with E-state index in [0.717, 1.165) is 5.56 Å². The van der Waals surface area contributed by atoms with Crippen molar-refractivity contribution in [2.45, 2.75) is 18.8 Å². The van der Waals surface area contributed by atoms with Gasteiger partial charge in [0.2, 0.25) is 6.43 Å². The number of H-pyrrole nitrogens is 1. The van der Waals surface area contributed by atoms with E-state index in [0.29, 0.717) is 22.1 Å². The van der Waals surface area contributed by atoms with Gasteiger partial charge < -0.3 is 9.88 Å². The van der Waals surface area contributed by atoms with E-state index in [2.05, 4.69) is 9.97 Å². The van der Waals surface area contributed by atoms with Gasteiger partial charge in [0.1, 0.15) is 5.15 Å². The van der Waals surface area contributed by atoms with Crippen LogP contribution in [0.5, 0.6) is 0 Å². The van der Waals surface area contributed by atoms with Crippen molar-refractivity contribution < 1.29 is 13.6 Å². The van der Waals surface area contributed by atoms with Crippen LogP contribution in [-0.2, 0) is 0 Å². The van der Waals surface area contributed by atoms with Crippen molar-refractivity contribution in [1.29, 1.82) is 0 Å². The number of rotatable bonds is 3. The minimum Gasteiger partial charge on any atom is -0.357 e. The van der Waals surface area contributed by atoms with Gasteiger partial charge in [-0.3, -0.25) is 4.79 Å². The highest BCUT2D eigenvalue weighted by molar-refractivity contribution is 6.29. The van der Waals surface area contributed by atoms with Gasteiger partial charge in [-0.15, -0.1) is 0 Å². The molecule has 1 aliphatic heterocycles. The highest BCUT2D eigenvalue weighted by Gasteiger charge is 2.33. The molecule has 2 aromatic heterocycles. The number of nitrogens with one attached hydrogen (secondary N) is 1. The van der Waals surface area contributed by atoms with Crippen LogP contribution in [0.2, 0.25) is 5.15 Å². The monoisotopic (exact) mass is 325 g/mol. The number of pyridine rings is 1.